The number of anilines is 5. The van der Waals surface area contributed by atoms with Crippen molar-refractivity contribution in [3.8, 4) is 17.2 Å². The quantitative estimate of drug-likeness (QED) is 0.0445. The van der Waals surface area contributed by atoms with Crippen LogP contribution in [0.4, 0.5) is 28.4 Å². The van der Waals surface area contributed by atoms with E-state index in [9.17, 15) is 27.6 Å². The van der Waals surface area contributed by atoms with E-state index in [0.717, 1.165) is 65.0 Å². The number of carbonyl (C=O) groups excluding carboxylic acids is 4. The molecule has 4 aliphatic heterocycles. The van der Waals surface area contributed by atoms with E-state index < -0.39 is 15.4 Å². The molecule has 0 aromatic heterocycles. The molecule has 0 radical (unpaired) electrons. The van der Waals surface area contributed by atoms with Gasteiger partial charge >= 0.3 is 0 Å². The van der Waals surface area contributed by atoms with Gasteiger partial charge in [-0.05, 0) is 117 Å². The number of rotatable bonds is 20. The zero-order chi connectivity index (χ0) is 53.3. The normalized spacial score (nSPS) is 17.2. The first-order chi connectivity index (χ1) is 35.9. The number of nitrogens with zero attached hydrogens (tertiary/aromatic N) is 4. The van der Waals surface area contributed by atoms with Crippen LogP contribution in [-0.2, 0) is 49.9 Å². The largest absolute Gasteiger partial charge is 0.493 e. The zero-order valence-corrected chi connectivity index (χ0v) is 46.2. The molecule has 75 heavy (non-hydrogen) atoms. The molecule has 1 unspecified atom stereocenters. The summed E-state index contributed by atoms with van der Waals surface area (Å²) in [7, 11) is 5.64. The highest BCUT2D eigenvalue weighted by atomic mass is 33.1. The zero-order valence-electron chi connectivity index (χ0n) is 43.8. The molecule has 0 fully saturated rings. The minimum Gasteiger partial charge on any atom is -0.493 e. The van der Waals surface area contributed by atoms with E-state index in [4.69, 9.17) is 14.2 Å². The Morgan fingerprint density at radius 3 is 1.85 bits per heavy atom. The summed E-state index contributed by atoms with van der Waals surface area (Å²) in [6.07, 6.45) is 2.50. The molecule has 0 spiro atoms. The second-order valence-corrected chi connectivity index (χ2v) is 25.3. The first kappa shape index (κ1) is 53.6. The number of amides is 3. The Bertz CT molecular complexity index is 3150. The van der Waals surface area contributed by atoms with Gasteiger partial charge in [0.25, 0.3) is 21.9 Å². The Kier molecular flexibility index (Phi) is 15.8. The van der Waals surface area contributed by atoms with Crippen molar-refractivity contribution in [3.05, 3.63) is 130 Å². The number of aryl methyl sites for hydroxylation is 1. The van der Waals surface area contributed by atoms with E-state index in [1.807, 2.05) is 117 Å². The van der Waals surface area contributed by atoms with Gasteiger partial charge in [0.05, 0.1) is 48.8 Å². The lowest BCUT2D eigenvalue weighted by atomic mass is 10.1. The predicted octanol–water partition coefficient (Wildman–Crippen LogP) is 9.80. The number of ether oxygens (including phenoxy) is 3. The van der Waals surface area contributed by atoms with Crippen LogP contribution in [0.1, 0.15) is 95.0 Å². The number of hydrogen-bond acceptors (Lipinski definition) is 14. The monoisotopic (exact) mass is 1080 g/mol. The number of benzene rings is 5. The van der Waals surface area contributed by atoms with Crippen molar-refractivity contribution < 1.29 is 46.0 Å². The summed E-state index contributed by atoms with van der Waals surface area (Å²) in [4.78, 5) is 62.8. The van der Waals surface area contributed by atoms with Gasteiger partial charge in [0.1, 0.15) is 24.2 Å². The van der Waals surface area contributed by atoms with Crippen LogP contribution in [0.5, 0.6) is 17.2 Å². The smallest absolute Gasteiger partial charge is 0.277 e. The number of carbonyl (C=O) groups is 4. The number of nitrogens with one attached hydrogen (secondary N) is 1. The van der Waals surface area contributed by atoms with E-state index in [1.54, 1.807) is 30.9 Å². The second kappa shape index (κ2) is 22.2. The van der Waals surface area contributed by atoms with Crippen LogP contribution in [-0.4, -0.2) is 101 Å². The Morgan fingerprint density at radius 1 is 0.747 bits per heavy atom. The molecule has 0 saturated carbocycles. The molecule has 4 aliphatic rings. The fourth-order valence-electron chi connectivity index (χ4n) is 10.7. The van der Waals surface area contributed by atoms with Crippen molar-refractivity contribution in [2.75, 3.05) is 72.1 Å². The fourth-order valence-corrected chi connectivity index (χ4v) is 14.6. The number of hydrogen-bond donors (Lipinski definition) is 1. The third-order valence-electron chi connectivity index (χ3n) is 14.5. The Labute approximate surface area is 448 Å². The van der Waals surface area contributed by atoms with Gasteiger partial charge in [-0.3, -0.25) is 23.4 Å². The van der Waals surface area contributed by atoms with Gasteiger partial charge in [-0.2, -0.15) is 8.42 Å². The molecule has 9 rings (SSSR count). The lowest BCUT2D eigenvalue weighted by Crippen LogP contribution is -2.41. The van der Waals surface area contributed by atoms with Crippen LogP contribution in [0.15, 0.2) is 91.0 Å². The van der Waals surface area contributed by atoms with Gasteiger partial charge in [-0.1, -0.05) is 64.9 Å². The fraction of sp³-hybridized carbons (Fsp3) is 0.404. The molecule has 4 heterocycles. The summed E-state index contributed by atoms with van der Waals surface area (Å²) in [5.41, 5.74) is 9.77. The van der Waals surface area contributed by atoms with Crippen LogP contribution >= 0.6 is 21.6 Å². The summed E-state index contributed by atoms with van der Waals surface area (Å²) in [5, 5.41) is 1.90. The predicted molar refractivity (Wildman–Crippen MR) is 299 cm³/mol. The van der Waals surface area contributed by atoms with Crippen LogP contribution in [0.2, 0.25) is 0 Å². The van der Waals surface area contributed by atoms with E-state index in [0.29, 0.717) is 59.3 Å². The highest BCUT2D eigenvalue weighted by Gasteiger charge is 2.41. The summed E-state index contributed by atoms with van der Waals surface area (Å²) in [6, 6.07) is 29.3. The molecule has 0 bridgehead atoms. The highest BCUT2D eigenvalue weighted by Crippen LogP contribution is 2.44. The van der Waals surface area contributed by atoms with Crippen LogP contribution in [0.3, 0.4) is 0 Å². The molecule has 0 aliphatic carbocycles. The highest BCUT2D eigenvalue weighted by molar-refractivity contribution is 8.77. The third kappa shape index (κ3) is 11.3. The average Bonchev–Trinajstić information content (AvgIpc) is 3.90. The number of methoxy groups -OCH3 is 1. The maximum Gasteiger partial charge on any atom is 0.277 e. The number of ketones is 1. The topological polar surface area (TPSA) is 164 Å². The van der Waals surface area contributed by atoms with E-state index in [2.05, 4.69) is 31.4 Å². The van der Waals surface area contributed by atoms with Crippen LogP contribution in [0, 0.1) is 6.92 Å². The standard InChI is InChI=1S/C57H65N5O10S3/c1-9-49(63)53(75(67,68)70-8)19-21-73-74-57(3,4)20-18-54(64)58-40-24-36(33-71-50-29-47-43(22-35(50)2)55(65)61-41(31-59(47)5)26-38-14-10-12-16-45(38)61)23-37(25-40)34-72-52-30-48-44(28-51(52)69-7)56(66)62-42(32-60(48)6)27-39-15-11-13-17-46(39)62/h10-17,22-25,28-30,41-42,53H,9,18-21,26-27,31-34H2,1-8H3,(H,58,64)/t41-,42-,53?/m0/s1. The molecule has 18 heteroatoms. The Balaban J connectivity index is 0.931. The van der Waals surface area contributed by atoms with E-state index >= 15 is 0 Å². The van der Waals surface area contributed by atoms with Gasteiger partial charge in [0.2, 0.25) is 5.91 Å². The van der Waals surface area contributed by atoms with Crippen molar-refractivity contribution in [1.29, 1.82) is 0 Å². The first-order valence-corrected chi connectivity index (χ1v) is 29.1. The van der Waals surface area contributed by atoms with Gasteiger partial charge in [0, 0.05) is 79.7 Å². The molecule has 3 atom stereocenters. The minimum atomic E-state index is -4.00. The number of likely N-dealkylation sites (N-methyl/N-ethyl adjacent to an activating group) is 2. The molecule has 0 saturated heterocycles. The van der Waals surface area contributed by atoms with E-state index in [1.165, 1.54) is 16.4 Å². The Hall–Kier alpha value is -6.21. The Morgan fingerprint density at radius 2 is 1.29 bits per heavy atom. The maximum atomic E-state index is 14.3. The molecule has 5 aromatic rings. The van der Waals surface area contributed by atoms with Crippen molar-refractivity contribution in [3.63, 3.8) is 0 Å². The van der Waals surface area contributed by atoms with Gasteiger partial charge in [0.15, 0.2) is 17.3 Å². The SMILES string of the molecule is CCC(=O)C(CCSSC(C)(C)CCC(=O)Nc1cc(COc2cc3c(cc2C)C(=O)N2c4ccccc4C[C@H]2CN3C)cc(COc2cc3c(cc2OC)C(=O)N2c4ccccc4C[C@H]2CN3C)c1)S(=O)(=O)OC. The maximum absolute atomic E-state index is 14.3. The van der Waals surface area contributed by atoms with Crippen molar-refractivity contribution >= 4 is 83.6 Å². The van der Waals surface area contributed by atoms with E-state index in [-0.39, 0.29) is 72.8 Å². The number of fused-ring (bicyclic) bond motifs is 8. The number of Topliss-reactive ketones (excluding diaryl/α,β-unsaturated/α-hetero) is 1. The lowest BCUT2D eigenvalue weighted by Gasteiger charge is -2.25. The summed E-state index contributed by atoms with van der Waals surface area (Å²) < 4.78 is 48.2. The lowest BCUT2D eigenvalue weighted by molar-refractivity contribution is -0.118. The van der Waals surface area contributed by atoms with Crippen molar-refractivity contribution in [1.82, 2.24) is 0 Å². The van der Waals surface area contributed by atoms with Gasteiger partial charge in [-0.15, -0.1) is 0 Å². The minimum absolute atomic E-state index is 0.00947. The van der Waals surface area contributed by atoms with Gasteiger partial charge < -0.3 is 39.1 Å². The average molecular weight is 1080 g/mol. The van der Waals surface area contributed by atoms with Gasteiger partial charge in [-0.25, -0.2) is 0 Å². The second-order valence-electron chi connectivity index (χ2n) is 20.3. The first-order valence-electron chi connectivity index (χ1n) is 25.3. The van der Waals surface area contributed by atoms with Crippen molar-refractivity contribution in [2.45, 2.75) is 102 Å². The summed E-state index contributed by atoms with van der Waals surface area (Å²) in [6.45, 7) is 9.15. The molecular weight excluding hydrogens is 1010 g/mol. The van der Waals surface area contributed by atoms with Crippen LogP contribution in [0.25, 0.3) is 0 Å². The van der Waals surface area contributed by atoms with Crippen LogP contribution < -0.4 is 39.1 Å². The summed E-state index contributed by atoms with van der Waals surface area (Å²) >= 11 is 0. The molecule has 3 amide bonds. The molecule has 5 aromatic carbocycles. The molecule has 1 N–H and O–H groups in total. The molecular formula is C57H65N5O10S3. The third-order valence-corrected chi connectivity index (χ3v) is 19.6. The molecule has 396 valence electrons. The summed E-state index contributed by atoms with van der Waals surface area (Å²) in [5.74, 6) is 1.21. The molecule has 15 nitrogen and oxygen atoms in total. The van der Waals surface area contributed by atoms with Crippen molar-refractivity contribution in [2.24, 2.45) is 0 Å². The number of para-hydroxylation sites is 2.